The van der Waals surface area contributed by atoms with Gasteiger partial charge in [-0.25, -0.2) is 4.98 Å². The van der Waals surface area contributed by atoms with Crippen molar-refractivity contribution in [1.82, 2.24) is 9.97 Å². The maximum Gasteiger partial charge on any atom is 0.234 e. The van der Waals surface area contributed by atoms with Gasteiger partial charge in [-0.05, 0) is 42.8 Å². The van der Waals surface area contributed by atoms with Gasteiger partial charge in [0.15, 0.2) is 5.82 Å². The predicted molar refractivity (Wildman–Crippen MR) is 134 cm³/mol. The molecule has 0 fully saturated rings. The maximum absolute atomic E-state index is 12.7. The van der Waals surface area contributed by atoms with E-state index in [1.807, 2.05) is 66.7 Å². The number of carbonyl (C=O) groups is 1. The van der Waals surface area contributed by atoms with Gasteiger partial charge in [0.05, 0.1) is 18.4 Å². The number of fused-ring (bicyclic) bond motifs is 2. The van der Waals surface area contributed by atoms with Gasteiger partial charge in [-0.3, -0.25) is 4.79 Å². The standard InChI is InChI=1S/C27H23N3O3S/c1-17-8-13-23-19(14-17)15-22-26(33-23)29-25(18-6-4-3-5-7-18)30-27(22)34-16-24(31)28-20-9-11-21(32-2)12-10-20/h3-14H,15-16H2,1-2H3,(H,28,31). The Morgan fingerprint density at radius 2 is 1.85 bits per heavy atom. The van der Waals surface area contributed by atoms with Crippen molar-refractivity contribution in [3.8, 4) is 28.8 Å². The van der Waals surface area contributed by atoms with Crippen LogP contribution in [0.4, 0.5) is 5.69 Å². The third-order valence-electron chi connectivity index (χ3n) is 5.47. The first-order valence-electron chi connectivity index (χ1n) is 10.9. The summed E-state index contributed by atoms with van der Waals surface area (Å²) < 4.78 is 11.4. The quantitative estimate of drug-likeness (QED) is 0.247. The molecule has 2 heterocycles. The highest BCUT2D eigenvalue weighted by atomic mass is 32.2. The fourth-order valence-electron chi connectivity index (χ4n) is 3.76. The predicted octanol–water partition coefficient (Wildman–Crippen LogP) is 5.89. The molecule has 6 nitrogen and oxygen atoms in total. The molecule has 0 radical (unpaired) electrons. The molecule has 0 aliphatic carbocycles. The van der Waals surface area contributed by atoms with E-state index in [-0.39, 0.29) is 11.7 Å². The van der Waals surface area contributed by atoms with Crippen LogP contribution in [0.5, 0.6) is 17.4 Å². The first-order chi connectivity index (χ1) is 16.6. The van der Waals surface area contributed by atoms with E-state index in [1.54, 1.807) is 7.11 Å². The van der Waals surface area contributed by atoms with Gasteiger partial charge in [-0.15, -0.1) is 0 Å². The largest absolute Gasteiger partial charge is 0.497 e. The number of benzene rings is 3. The van der Waals surface area contributed by atoms with E-state index in [9.17, 15) is 4.79 Å². The zero-order chi connectivity index (χ0) is 23.5. The highest BCUT2D eigenvalue weighted by molar-refractivity contribution is 8.00. The molecule has 0 atom stereocenters. The molecule has 170 valence electrons. The number of hydrogen-bond acceptors (Lipinski definition) is 6. The molecule has 1 aromatic heterocycles. The molecule has 7 heteroatoms. The molecule has 0 unspecified atom stereocenters. The van der Waals surface area contributed by atoms with E-state index in [0.29, 0.717) is 23.8 Å². The number of hydrogen-bond donors (Lipinski definition) is 1. The van der Waals surface area contributed by atoms with Crippen LogP contribution in [0.25, 0.3) is 11.4 Å². The first-order valence-corrected chi connectivity index (χ1v) is 11.9. The average molecular weight is 470 g/mol. The highest BCUT2D eigenvalue weighted by Crippen LogP contribution is 2.40. The van der Waals surface area contributed by atoms with Crippen LogP contribution in [0.1, 0.15) is 16.7 Å². The van der Waals surface area contributed by atoms with Crippen molar-refractivity contribution >= 4 is 23.4 Å². The summed E-state index contributed by atoms with van der Waals surface area (Å²) in [6.07, 6.45) is 0.657. The maximum atomic E-state index is 12.7. The Hall–Kier alpha value is -3.84. The summed E-state index contributed by atoms with van der Waals surface area (Å²) >= 11 is 1.39. The molecular formula is C27H23N3O3S. The Kier molecular flexibility index (Phi) is 6.18. The summed E-state index contributed by atoms with van der Waals surface area (Å²) in [5.41, 5.74) is 4.77. The third-order valence-corrected chi connectivity index (χ3v) is 6.48. The molecule has 5 rings (SSSR count). The second kappa shape index (κ2) is 9.57. The lowest BCUT2D eigenvalue weighted by Gasteiger charge is -2.22. The Morgan fingerprint density at radius 1 is 1.06 bits per heavy atom. The van der Waals surface area contributed by atoms with Crippen LogP contribution in [-0.2, 0) is 11.2 Å². The average Bonchev–Trinajstić information content (AvgIpc) is 2.87. The molecule has 1 amide bonds. The van der Waals surface area contributed by atoms with Crippen LogP contribution in [0, 0.1) is 6.92 Å². The number of nitrogens with one attached hydrogen (secondary N) is 1. The zero-order valence-electron chi connectivity index (χ0n) is 18.9. The van der Waals surface area contributed by atoms with E-state index in [0.717, 1.165) is 33.2 Å². The number of thioether (sulfide) groups is 1. The van der Waals surface area contributed by atoms with Crippen molar-refractivity contribution in [2.45, 2.75) is 18.4 Å². The molecule has 34 heavy (non-hydrogen) atoms. The lowest BCUT2D eigenvalue weighted by molar-refractivity contribution is -0.113. The minimum atomic E-state index is -0.114. The summed E-state index contributed by atoms with van der Waals surface area (Å²) in [6, 6.07) is 23.2. The summed E-state index contributed by atoms with van der Waals surface area (Å²) in [7, 11) is 1.61. The number of rotatable bonds is 6. The van der Waals surface area contributed by atoms with Crippen molar-refractivity contribution < 1.29 is 14.3 Å². The van der Waals surface area contributed by atoms with Gasteiger partial charge in [0.25, 0.3) is 0 Å². The van der Waals surface area contributed by atoms with E-state index < -0.39 is 0 Å². The van der Waals surface area contributed by atoms with Crippen molar-refractivity contribution in [2.75, 3.05) is 18.2 Å². The number of anilines is 1. The van der Waals surface area contributed by atoms with Gasteiger partial charge in [-0.1, -0.05) is 59.8 Å². The van der Waals surface area contributed by atoms with Gasteiger partial charge in [-0.2, -0.15) is 4.98 Å². The van der Waals surface area contributed by atoms with E-state index in [2.05, 4.69) is 18.3 Å². The number of nitrogens with zero attached hydrogens (tertiary/aromatic N) is 2. The Morgan fingerprint density at radius 3 is 2.62 bits per heavy atom. The number of ether oxygens (including phenoxy) is 2. The lowest BCUT2D eigenvalue weighted by atomic mass is 10.0. The van der Waals surface area contributed by atoms with Crippen molar-refractivity contribution in [2.24, 2.45) is 0 Å². The number of aromatic nitrogens is 2. The zero-order valence-corrected chi connectivity index (χ0v) is 19.7. The summed E-state index contributed by atoms with van der Waals surface area (Å²) in [4.78, 5) is 22.2. The summed E-state index contributed by atoms with van der Waals surface area (Å²) in [5, 5.41) is 3.67. The third kappa shape index (κ3) is 4.75. The SMILES string of the molecule is COc1ccc(NC(=O)CSc2nc(-c3ccccc3)nc3c2Cc2cc(C)ccc2O3)cc1. The molecule has 1 aliphatic rings. The summed E-state index contributed by atoms with van der Waals surface area (Å²) in [6.45, 7) is 2.06. The second-order valence-corrected chi connectivity index (χ2v) is 8.92. The smallest absolute Gasteiger partial charge is 0.234 e. The number of carbonyl (C=O) groups excluding carboxylic acids is 1. The number of amides is 1. The van der Waals surface area contributed by atoms with Crippen molar-refractivity contribution in [3.63, 3.8) is 0 Å². The Balaban J connectivity index is 1.41. The van der Waals surface area contributed by atoms with Crippen LogP contribution in [0.2, 0.25) is 0 Å². The van der Waals surface area contributed by atoms with Crippen molar-refractivity contribution in [1.29, 1.82) is 0 Å². The fourth-order valence-corrected chi connectivity index (χ4v) is 4.59. The summed E-state index contributed by atoms with van der Waals surface area (Å²) in [5.74, 6) is 2.77. The molecule has 1 aliphatic heterocycles. The van der Waals surface area contributed by atoms with Gasteiger partial charge >= 0.3 is 0 Å². The Bertz CT molecular complexity index is 1340. The molecule has 0 bridgehead atoms. The van der Waals surface area contributed by atoms with Gasteiger partial charge in [0.1, 0.15) is 16.5 Å². The van der Waals surface area contributed by atoms with E-state index in [1.165, 1.54) is 17.3 Å². The van der Waals surface area contributed by atoms with Gasteiger partial charge < -0.3 is 14.8 Å². The van der Waals surface area contributed by atoms with E-state index in [4.69, 9.17) is 19.4 Å². The van der Waals surface area contributed by atoms with Crippen LogP contribution in [0.3, 0.4) is 0 Å². The molecule has 1 N–H and O–H groups in total. The second-order valence-electron chi connectivity index (χ2n) is 7.96. The van der Waals surface area contributed by atoms with Crippen LogP contribution < -0.4 is 14.8 Å². The molecule has 0 saturated heterocycles. The number of methoxy groups -OCH3 is 1. The van der Waals surface area contributed by atoms with Crippen LogP contribution >= 0.6 is 11.8 Å². The number of aryl methyl sites for hydroxylation is 1. The fraction of sp³-hybridized carbons (Fsp3) is 0.148. The molecular weight excluding hydrogens is 446 g/mol. The minimum absolute atomic E-state index is 0.114. The minimum Gasteiger partial charge on any atom is -0.497 e. The highest BCUT2D eigenvalue weighted by Gasteiger charge is 2.24. The van der Waals surface area contributed by atoms with Crippen LogP contribution in [0.15, 0.2) is 77.8 Å². The molecule has 4 aromatic rings. The van der Waals surface area contributed by atoms with Gasteiger partial charge in [0, 0.05) is 17.7 Å². The molecule has 0 spiro atoms. The molecule has 3 aromatic carbocycles. The molecule has 0 saturated carbocycles. The monoisotopic (exact) mass is 469 g/mol. The lowest BCUT2D eigenvalue weighted by Crippen LogP contribution is -2.15. The van der Waals surface area contributed by atoms with E-state index >= 15 is 0 Å². The topological polar surface area (TPSA) is 73.3 Å². The Labute approximate surface area is 202 Å². The van der Waals surface area contributed by atoms with Crippen molar-refractivity contribution in [3.05, 3.63) is 89.5 Å². The first kappa shape index (κ1) is 22.0. The van der Waals surface area contributed by atoms with Gasteiger partial charge in [0.2, 0.25) is 11.8 Å². The normalized spacial score (nSPS) is 11.7. The van der Waals surface area contributed by atoms with Crippen LogP contribution in [-0.4, -0.2) is 28.7 Å².